The maximum Gasteiger partial charge on any atom is 0.330 e. The number of H-pyrrole nitrogens is 1. The predicted molar refractivity (Wildman–Crippen MR) is 139 cm³/mol. The third kappa shape index (κ3) is 6.07. The molecule has 1 aliphatic rings. The summed E-state index contributed by atoms with van der Waals surface area (Å²) < 4.78 is 21.1. The quantitative estimate of drug-likeness (QED) is 0.410. The van der Waals surface area contributed by atoms with Gasteiger partial charge in [0.25, 0.3) is 5.56 Å². The Bertz CT molecular complexity index is 987. The molecular formula is C24H44N2O6Si2. The van der Waals surface area contributed by atoms with E-state index in [9.17, 15) is 14.4 Å². The van der Waals surface area contributed by atoms with E-state index in [0.29, 0.717) is 12.2 Å². The van der Waals surface area contributed by atoms with Gasteiger partial charge in [-0.05, 0) is 43.2 Å². The van der Waals surface area contributed by atoms with E-state index in [1.807, 2.05) is 0 Å². The van der Waals surface area contributed by atoms with Crippen LogP contribution in [0.1, 0.15) is 59.8 Å². The molecule has 34 heavy (non-hydrogen) atoms. The molecule has 1 N–H and O–H groups in total. The summed E-state index contributed by atoms with van der Waals surface area (Å²) in [7, 11) is -4.36. The lowest BCUT2D eigenvalue weighted by molar-refractivity contribution is -0.109. The summed E-state index contributed by atoms with van der Waals surface area (Å²) in [6.45, 7) is 23.6. The molecule has 2 heterocycles. The number of carbonyl (C=O) groups is 1. The van der Waals surface area contributed by atoms with Crippen LogP contribution in [0.15, 0.2) is 15.8 Å². The molecule has 0 aliphatic carbocycles. The van der Waals surface area contributed by atoms with Crippen LogP contribution in [0.4, 0.5) is 0 Å². The number of hydrogen-bond donors (Lipinski definition) is 1. The van der Waals surface area contributed by atoms with Crippen molar-refractivity contribution in [2.75, 3.05) is 6.61 Å². The minimum absolute atomic E-state index is 0.0230. The highest BCUT2D eigenvalue weighted by molar-refractivity contribution is 6.74. The molecule has 1 aromatic rings. The van der Waals surface area contributed by atoms with Crippen LogP contribution >= 0.6 is 0 Å². The number of carbonyl (C=O) groups excluding carboxylic acids is 1. The smallest absolute Gasteiger partial charge is 0.330 e. The SMILES string of the molecule is Cc1cn([C@@H]2O[C@H](CO[Si](C)(C)C(C)(C)C)[C@@H](CC=O)[C@H]2O[Si](C)(C)C(C)(C)C)c(=O)[nH]c1=O. The Labute approximate surface area is 205 Å². The maximum absolute atomic E-state index is 12.8. The third-order valence-electron chi connectivity index (χ3n) is 7.93. The number of aromatic nitrogens is 2. The van der Waals surface area contributed by atoms with Crippen molar-refractivity contribution >= 4 is 22.9 Å². The largest absolute Gasteiger partial charge is 0.414 e. The first-order valence-electron chi connectivity index (χ1n) is 12.1. The highest BCUT2D eigenvalue weighted by atomic mass is 28.4. The molecule has 0 unspecified atom stereocenters. The zero-order valence-corrected chi connectivity index (χ0v) is 24.8. The second kappa shape index (κ2) is 9.96. The van der Waals surface area contributed by atoms with Crippen LogP contribution in [0.2, 0.25) is 36.3 Å². The standard InChI is InChI=1S/C24H44N2O6Si2/c1-16-14-26(22(29)25-20(16)28)21-19(32-34(10,11)24(5,6)7)17(12-13-27)18(31-21)15-30-33(8,9)23(2,3)4/h13-14,17-19,21H,12,15H2,1-11H3,(H,25,28,29)/t17-,18-,19-,21-/m1/s1. The van der Waals surface area contributed by atoms with Crippen molar-refractivity contribution < 1.29 is 18.4 Å². The molecule has 2 rings (SSSR count). The number of aldehydes is 1. The van der Waals surface area contributed by atoms with Gasteiger partial charge in [-0.1, -0.05) is 41.5 Å². The van der Waals surface area contributed by atoms with Crippen LogP contribution in [0.5, 0.6) is 0 Å². The van der Waals surface area contributed by atoms with Crippen LogP contribution in [0.3, 0.4) is 0 Å². The van der Waals surface area contributed by atoms with Crippen molar-refractivity contribution in [1.82, 2.24) is 9.55 Å². The van der Waals surface area contributed by atoms with Gasteiger partial charge in [-0.25, -0.2) is 4.79 Å². The van der Waals surface area contributed by atoms with Crippen LogP contribution in [0.25, 0.3) is 0 Å². The molecule has 4 atom stereocenters. The van der Waals surface area contributed by atoms with Gasteiger partial charge in [-0.15, -0.1) is 0 Å². The lowest BCUT2D eigenvalue weighted by Crippen LogP contribution is -2.48. The third-order valence-corrected chi connectivity index (χ3v) is 16.9. The molecule has 1 saturated heterocycles. The van der Waals surface area contributed by atoms with Gasteiger partial charge in [0.15, 0.2) is 22.9 Å². The lowest BCUT2D eigenvalue weighted by Gasteiger charge is -2.41. The van der Waals surface area contributed by atoms with E-state index in [1.54, 1.807) is 6.92 Å². The molecule has 0 spiro atoms. The van der Waals surface area contributed by atoms with E-state index in [-0.39, 0.29) is 22.4 Å². The molecule has 0 bridgehead atoms. The van der Waals surface area contributed by atoms with E-state index >= 15 is 0 Å². The van der Waals surface area contributed by atoms with Crippen molar-refractivity contribution in [3.63, 3.8) is 0 Å². The number of hydrogen-bond acceptors (Lipinski definition) is 6. The topological polar surface area (TPSA) is 99.6 Å². The molecule has 1 fully saturated rings. The maximum atomic E-state index is 12.8. The van der Waals surface area contributed by atoms with Crippen molar-refractivity contribution in [2.24, 2.45) is 5.92 Å². The lowest BCUT2D eigenvalue weighted by atomic mass is 9.95. The highest BCUT2D eigenvalue weighted by Crippen LogP contribution is 2.45. The molecule has 0 radical (unpaired) electrons. The summed E-state index contributed by atoms with van der Waals surface area (Å²) in [6, 6.07) is 0. The monoisotopic (exact) mass is 512 g/mol. The van der Waals surface area contributed by atoms with Gasteiger partial charge >= 0.3 is 5.69 Å². The Morgan fingerprint density at radius 3 is 2.12 bits per heavy atom. The Hall–Kier alpha value is -1.34. The average Bonchev–Trinajstić information content (AvgIpc) is 2.98. The van der Waals surface area contributed by atoms with Crippen molar-refractivity contribution in [2.45, 2.75) is 110 Å². The summed E-state index contributed by atoms with van der Waals surface area (Å²) in [5, 5.41) is -0.0555. The van der Waals surface area contributed by atoms with Crippen LogP contribution in [0, 0.1) is 12.8 Å². The Morgan fingerprint density at radius 2 is 1.62 bits per heavy atom. The number of nitrogens with zero attached hydrogens (tertiary/aromatic N) is 1. The fourth-order valence-corrected chi connectivity index (χ4v) is 5.85. The summed E-state index contributed by atoms with van der Waals surface area (Å²) in [6.07, 6.45) is 0.926. The van der Waals surface area contributed by atoms with Gasteiger partial charge in [-0.3, -0.25) is 14.3 Å². The fourth-order valence-electron chi connectivity index (χ4n) is 3.51. The van der Waals surface area contributed by atoms with Crippen LogP contribution in [-0.2, 0) is 18.4 Å². The van der Waals surface area contributed by atoms with Crippen molar-refractivity contribution in [3.8, 4) is 0 Å². The molecule has 0 amide bonds. The van der Waals surface area contributed by atoms with Gasteiger partial charge in [0, 0.05) is 24.1 Å². The van der Waals surface area contributed by atoms with E-state index < -0.39 is 46.3 Å². The van der Waals surface area contributed by atoms with Gasteiger partial charge in [0.05, 0.1) is 18.8 Å². The molecule has 0 aromatic carbocycles. The number of nitrogens with one attached hydrogen (secondary N) is 1. The molecule has 1 aliphatic heterocycles. The van der Waals surface area contributed by atoms with Gasteiger partial charge in [-0.2, -0.15) is 0 Å². The Balaban J connectivity index is 2.53. The second-order valence-corrected chi connectivity index (χ2v) is 22.1. The molecular weight excluding hydrogens is 468 g/mol. The molecule has 8 nitrogen and oxygen atoms in total. The van der Waals surface area contributed by atoms with Gasteiger partial charge < -0.3 is 18.4 Å². The number of ether oxygens (including phenoxy) is 1. The zero-order valence-electron chi connectivity index (χ0n) is 22.8. The van der Waals surface area contributed by atoms with Crippen LogP contribution in [-0.4, -0.2) is 51.3 Å². The second-order valence-electron chi connectivity index (χ2n) is 12.5. The van der Waals surface area contributed by atoms with Gasteiger partial charge in [0.1, 0.15) is 6.29 Å². The van der Waals surface area contributed by atoms with E-state index in [2.05, 4.69) is 72.7 Å². The van der Waals surface area contributed by atoms with Crippen molar-refractivity contribution in [1.29, 1.82) is 0 Å². The first kappa shape index (κ1) is 28.9. The van der Waals surface area contributed by atoms with E-state index in [0.717, 1.165) is 6.29 Å². The first-order valence-corrected chi connectivity index (χ1v) is 17.9. The van der Waals surface area contributed by atoms with E-state index in [1.165, 1.54) is 10.8 Å². The zero-order chi connectivity index (χ0) is 26.3. The van der Waals surface area contributed by atoms with Crippen molar-refractivity contribution in [3.05, 3.63) is 32.6 Å². The first-order chi connectivity index (χ1) is 15.3. The van der Waals surface area contributed by atoms with E-state index in [4.69, 9.17) is 13.6 Å². The molecule has 0 saturated carbocycles. The number of rotatable bonds is 8. The summed E-state index contributed by atoms with van der Waals surface area (Å²) in [5.41, 5.74) is -0.578. The minimum atomic E-state index is -2.29. The average molecular weight is 513 g/mol. The molecule has 1 aromatic heterocycles. The van der Waals surface area contributed by atoms with Gasteiger partial charge in [0.2, 0.25) is 0 Å². The Kier molecular flexibility index (Phi) is 8.47. The summed E-state index contributed by atoms with van der Waals surface area (Å²) in [4.78, 5) is 38.9. The predicted octanol–water partition coefficient (Wildman–Crippen LogP) is 4.36. The Morgan fingerprint density at radius 1 is 1.06 bits per heavy atom. The highest BCUT2D eigenvalue weighted by Gasteiger charge is 2.51. The van der Waals surface area contributed by atoms with Crippen LogP contribution < -0.4 is 11.2 Å². The normalized spacial score (nSPS) is 24.4. The fraction of sp³-hybridized carbons (Fsp3) is 0.792. The molecule has 194 valence electrons. The summed E-state index contributed by atoms with van der Waals surface area (Å²) >= 11 is 0. The minimum Gasteiger partial charge on any atom is -0.414 e. The summed E-state index contributed by atoms with van der Waals surface area (Å²) in [5.74, 6) is -0.277. The molecule has 10 heteroatoms. The number of aryl methyl sites for hydroxylation is 1. The number of aromatic amines is 1.